The zero-order valence-electron chi connectivity index (χ0n) is 18.4. The first-order valence-electron chi connectivity index (χ1n) is 11.2. The Morgan fingerprint density at radius 2 is 1.41 bits per heavy atom. The van der Waals surface area contributed by atoms with Crippen molar-refractivity contribution in [2.75, 3.05) is 18.0 Å². The molecule has 2 aliphatic rings. The van der Waals surface area contributed by atoms with Gasteiger partial charge in [-0.2, -0.15) is 0 Å². The molecule has 0 saturated carbocycles. The summed E-state index contributed by atoms with van der Waals surface area (Å²) in [5, 5.41) is 2.85. The van der Waals surface area contributed by atoms with Gasteiger partial charge in [0.1, 0.15) is 0 Å². The Morgan fingerprint density at radius 3 is 1.94 bits per heavy atom. The van der Waals surface area contributed by atoms with Crippen LogP contribution in [0.5, 0.6) is 0 Å². The van der Waals surface area contributed by atoms with Crippen LogP contribution in [0.1, 0.15) is 34.3 Å². The fourth-order valence-corrected chi connectivity index (χ4v) is 4.64. The Balaban J connectivity index is 1.41. The number of hydrogen-bond acceptors (Lipinski definition) is 4. The highest BCUT2D eigenvalue weighted by atomic mass is 16.2. The molecule has 3 aromatic rings. The predicted molar refractivity (Wildman–Crippen MR) is 126 cm³/mol. The fraction of sp³-hybridized carbons (Fsp3) is 0.185. The Labute approximate surface area is 197 Å². The minimum absolute atomic E-state index is 0.0663. The molecule has 2 heterocycles. The number of amides is 4. The number of anilines is 1. The largest absolute Gasteiger partial charge is 0.325 e. The van der Waals surface area contributed by atoms with Gasteiger partial charge in [-0.05, 0) is 41.8 Å². The summed E-state index contributed by atoms with van der Waals surface area (Å²) in [5.41, 5.74) is 0.942. The monoisotopic (exact) mass is 453 g/mol. The minimum Gasteiger partial charge on any atom is -0.315 e. The predicted octanol–water partition coefficient (Wildman–Crippen LogP) is 3.49. The van der Waals surface area contributed by atoms with Crippen molar-refractivity contribution in [3.05, 3.63) is 102 Å². The van der Waals surface area contributed by atoms with Gasteiger partial charge in [0.2, 0.25) is 5.91 Å². The van der Waals surface area contributed by atoms with Crippen LogP contribution in [-0.2, 0) is 15.1 Å². The Morgan fingerprint density at radius 1 is 0.824 bits per heavy atom. The van der Waals surface area contributed by atoms with Crippen LogP contribution in [0.4, 0.5) is 10.5 Å². The number of ketones is 1. The molecule has 5 rings (SSSR count). The number of urea groups is 1. The summed E-state index contributed by atoms with van der Waals surface area (Å²) in [6.45, 7) is 0.281. The smallest absolute Gasteiger partial charge is 0.315 e. The maximum atomic E-state index is 13.7. The molecule has 2 aliphatic heterocycles. The maximum Gasteiger partial charge on any atom is 0.325 e. The van der Waals surface area contributed by atoms with Crippen LogP contribution >= 0.6 is 0 Å². The molecule has 0 spiro atoms. The zero-order valence-corrected chi connectivity index (χ0v) is 18.4. The van der Waals surface area contributed by atoms with Gasteiger partial charge in [-0.25, -0.2) is 4.79 Å². The van der Waals surface area contributed by atoms with Gasteiger partial charge in [0.25, 0.3) is 5.91 Å². The first-order chi connectivity index (χ1) is 16.5. The molecule has 0 bridgehead atoms. The quantitative estimate of drug-likeness (QED) is 0.457. The number of rotatable bonds is 6. The second kappa shape index (κ2) is 8.59. The van der Waals surface area contributed by atoms with Gasteiger partial charge in [-0.15, -0.1) is 0 Å². The van der Waals surface area contributed by atoms with E-state index in [2.05, 4.69) is 5.32 Å². The SMILES string of the molecule is O=C(CN1C(=O)NC(c2ccccc2)(c2ccccc2)C1=O)c1ccc(N2CCCC2=O)cc1. The molecule has 7 nitrogen and oxygen atoms in total. The summed E-state index contributed by atoms with van der Waals surface area (Å²) in [6, 6.07) is 24.1. The molecule has 0 radical (unpaired) electrons. The number of hydrogen-bond donors (Lipinski definition) is 1. The van der Waals surface area contributed by atoms with Crippen molar-refractivity contribution in [1.29, 1.82) is 0 Å². The molecular weight excluding hydrogens is 430 g/mol. The van der Waals surface area contributed by atoms with Crippen molar-refractivity contribution in [2.45, 2.75) is 18.4 Å². The zero-order chi connectivity index (χ0) is 23.7. The highest BCUT2D eigenvalue weighted by Gasteiger charge is 2.54. The average Bonchev–Trinajstić information content (AvgIpc) is 3.42. The fourth-order valence-electron chi connectivity index (χ4n) is 4.64. The summed E-state index contributed by atoms with van der Waals surface area (Å²) < 4.78 is 0. The third-order valence-corrected chi connectivity index (χ3v) is 6.40. The van der Waals surface area contributed by atoms with Crippen molar-refractivity contribution >= 4 is 29.3 Å². The molecule has 0 aromatic heterocycles. The number of nitrogens with one attached hydrogen (secondary N) is 1. The Hall–Kier alpha value is -4.26. The molecule has 170 valence electrons. The van der Waals surface area contributed by atoms with Crippen LogP contribution in [0.2, 0.25) is 0 Å². The number of carbonyl (C=O) groups is 4. The lowest BCUT2D eigenvalue weighted by atomic mass is 9.82. The molecule has 4 amide bonds. The lowest BCUT2D eigenvalue weighted by molar-refractivity contribution is -0.130. The van der Waals surface area contributed by atoms with Crippen molar-refractivity contribution in [3.8, 4) is 0 Å². The lowest BCUT2D eigenvalue weighted by Gasteiger charge is -2.28. The second-order valence-corrected chi connectivity index (χ2v) is 8.42. The van der Waals surface area contributed by atoms with Crippen LogP contribution in [0.15, 0.2) is 84.9 Å². The van der Waals surface area contributed by atoms with Crippen LogP contribution in [-0.4, -0.2) is 41.6 Å². The second-order valence-electron chi connectivity index (χ2n) is 8.42. The van der Waals surface area contributed by atoms with E-state index in [1.165, 1.54) is 0 Å². The number of imide groups is 1. The lowest BCUT2D eigenvalue weighted by Crippen LogP contribution is -2.45. The first kappa shape index (κ1) is 21.6. The van der Waals surface area contributed by atoms with Crippen molar-refractivity contribution < 1.29 is 19.2 Å². The van der Waals surface area contributed by atoms with Gasteiger partial charge in [0.15, 0.2) is 11.3 Å². The maximum absolute atomic E-state index is 13.7. The molecule has 34 heavy (non-hydrogen) atoms. The molecular formula is C27H23N3O4. The van der Waals surface area contributed by atoms with E-state index in [1.807, 2.05) is 12.1 Å². The van der Waals surface area contributed by atoms with E-state index < -0.39 is 17.5 Å². The van der Waals surface area contributed by atoms with Gasteiger partial charge in [0, 0.05) is 24.2 Å². The number of nitrogens with zero attached hydrogens (tertiary/aromatic N) is 2. The van der Waals surface area contributed by atoms with Gasteiger partial charge in [-0.1, -0.05) is 60.7 Å². The molecule has 2 saturated heterocycles. The number of carbonyl (C=O) groups excluding carboxylic acids is 4. The van der Waals surface area contributed by atoms with E-state index in [9.17, 15) is 19.2 Å². The van der Waals surface area contributed by atoms with Gasteiger partial charge >= 0.3 is 6.03 Å². The van der Waals surface area contributed by atoms with Gasteiger partial charge in [-0.3, -0.25) is 19.3 Å². The van der Waals surface area contributed by atoms with Crippen LogP contribution in [0.3, 0.4) is 0 Å². The van der Waals surface area contributed by atoms with E-state index in [0.717, 1.165) is 17.0 Å². The third-order valence-electron chi connectivity index (χ3n) is 6.40. The van der Waals surface area contributed by atoms with Crippen LogP contribution in [0, 0.1) is 0 Å². The standard InChI is InChI=1S/C27H23N3O4/c31-23(19-13-15-22(16-14-19)29-17-7-12-24(29)32)18-30-25(33)27(28-26(30)34,20-8-3-1-4-9-20)21-10-5-2-6-11-21/h1-6,8-11,13-16H,7,12,17-18H2,(H,28,34). The molecule has 3 aromatic carbocycles. The average molecular weight is 453 g/mol. The van der Waals surface area contributed by atoms with Crippen LogP contribution in [0.25, 0.3) is 0 Å². The van der Waals surface area contributed by atoms with Gasteiger partial charge < -0.3 is 10.2 Å². The van der Waals surface area contributed by atoms with Crippen LogP contribution < -0.4 is 10.2 Å². The van der Waals surface area contributed by atoms with E-state index in [0.29, 0.717) is 29.7 Å². The Bertz CT molecular complexity index is 1220. The molecule has 0 atom stereocenters. The summed E-state index contributed by atoms with van der Waals surface area (Å²) in [7, 11) is 0. The van der Waals surface area contributed by atoms with E-state index in [1.54, 1.807) is 77.7 Å². The normalized spacial score (nSPS) is 17.2. The molecule has 7 heteroatoms. The van der Waals surface area contributed by atoms with E-state index >= 15 is 0 Å². The van der Waals surface area contributed by atoms with Gasteiger partial charge in [0.05, 0.1) is 6.54 Å². The number of Topliss-reactive ketones (excluding diaryl/α,β-unsaturated/α-hetero) is 1. The van der Waals surface area contributed by atoms with Crippen molar-refractivity contribution in [2.24, 2.45) is 0 Å². The number of benzene rings is 3. The Kier molecular flexibility index (Phi) is 5.45. The summed E-state index contributed by atoms with van der Waals surface area (Å²) in [6.07, 6.45) is 1.34. The summed E-state index contributed by atoms with van der Waals surface area (Å²) in [4.78, 5) is 54.3. The minimum atomic E-state index is -1.40. The van der Waals surface area contributed by atoms with E-state index in [4.69, 9.17) is 0 Å². The highest BCUT2D eigenvalue weighted by molar-refractivity contribution is 6.13. The van der Waals surface area contributed by atoms with Crippen molar-refractivity contribution in [1.82, 2.24) is 10.2 Å². The molecule has 0 aliphatic carbocycles. The van der Waals surface area contributed by atoms with E-state index in [-0.39, 0.29) is 18.2 Å². The molecule has 2 fully saturated rings. The highest BCUT2D eigenvalue weighted by Crippen LogP contribution is 2.36. The van der Waals surface area contributed by atoms with Crippen molar-refractivity contribution in [3.63, 3.8) is 0 Å². The third kappa shape index (κ3) is 3.55. The molecule has 1 N–H and O–H groups in total. The summed E-state index contributed by atoms with van der Waals surface area (Å²) in [5.74, 6) is -0.793. The topological polar surface area (TPSA) is 86.8 Å². The molecule has 0 unspecified atom stereocenters. The summed E-state index contributed by atoms with van der Waals surface area (Å²) >= 11 is 0. The first-order valence-corrected chi connectivity index (χ1v) is 11.2.